The zero-order chi connectivity index (χ0) is 6.41. The van der Waals surface area contributed by atoms with Gasteiger partial charge in [-0.2, -0.15) is 0 Å². The third kappa shape index (κ3) is 4.81. The standard InChI is InChI=1S/C5H7Br2O/c1-2-8-4-5(7)3-6/h2-3H,4H2,1H3. The summed E-state index contributed by atoms with van der Waals surface area (Å²) < 4.78 is 5.91. The van der Waals surface area contributed by atoms with Gasteiger partial charge in [-0.25, -0.2) is 0 Å². The number of halogens is 2. The van der Waals surface area contributed by atoms with Crippen LogP contribution in [0.1, 0.15) is 6.92 Å². The van der Waals surface area contributed by atoms with Crippen molar-refractivity contribution in [2.24, 2.45) is 0 Å². The molecule has 0 bridgehead atoms. The lowest BCUT2D eigenvalue weighted by Crippen LogP contribution is -1.86. The van der Waals surface area contributed by atoms with Crippen LogP contribution in [0.4, 0.5) is 0 Å². The van der Waals surface area contributed by atoms with E-state index < -0.39 is 0 Å². The van der Waals surface area contributed by atoms with Crippen molar-refractivity contribution in [1.82, 2.24) is 0 Å². The lowest BCUT2D eigenvalue weighted by atomic mass is 10.7. The predicted molar refractivity (Wildman–Crippen MR) is 41.9 cm³/mol. The van der Waals surface area contributed by atoms with Crippen LogP contribution in [0.3, 0.4) is 0 Å². The van der Waals surface area contributed by atoms with Crippen LogP contribution in [0, 0.1) is 6.61 Å². The van der Waals surface area contributed by atoms with Crippen LogP contribution >= 0.6 is 31.9 Å². The van der Waals surface area contributed by atoms with Crippen LogP contribution in [0.15, 0.2) is 9.47 Å². The summed E-state index contributed by atoms with van der Waals surface area (Å²) in [6.07, 6.45) is 0. The Balaban J connectivity index is 3.12. The van der Waals surface area contributed by atoms with Crippen molar-refractivity contribution in [2.75, 3.05) is 6.61 Å². The molecule has 0 aromatic rings. The number of rotatable bonds is 3. The zero-order valence-corrected chi connectivity index (χ0v) is 7.70. The maximum atomic E-state index is 4.92. The van der Waals surface area contributed by atoms with Gasteiger partial charge < -0.3 is 4.74 Å². The van der Waals surface area contributed by atoms with Gasteiger partial charge >= 0.3 is 0 Å². The second kappa shape index (κ2) is 5.79. The van der Waals surface area contributed by atoms with Gasteiger partial charge in [-0.05, 0) is 11.9 Å². The first-order chi connectivity index (χ1) is 3.81. The minimum absolute atomic E-state index is 0.599. The van der Waals surface area contributed by atoms with E-state index in [2.05, 4.69) is 31.9 Å². The van der Waals surface area contributed by atoms with Crippen LogP contribution in [-0.2, 0) is 4.74 Å². The molecule has 3 heteroatoms. The summed E-state index contributed by atoms with van der Waals surface area (Å²) in [7, 11) is 0. The molecule has 0 aromatic heterocycles. The molecule has 0 unspecified atom stereocenters. The fraction of sp³-hybridized carbons (Fsp3) is 0.400. The Hall–Kier alpha value is 0.660. The summed E-state index contributed by atoms with van der Waals surface area (Å²) in [5.41, 5.74) is 0. The average molecular weight is 243 g/mol. The molecule has 0 amide bonds. The Kier molecular flexibility index (Phi) is 6.27. The number of hydrogen-bond donors (Lipinski definition) is 0. The molecule has 0 aliphatic heterocycles. The molecule has 47 valence electrons. The van der Waals surface area contributed by atoms with E-state index >= 15 is 0 Å². The van der Waals surface area contributed by atoms with E-state index in [1.165, 1.54) is 0 Å². The van der Waals surface area contributed by atoms with Crippen molar-refractivity contribution in [2.45, 2.75) is 6.92 Å². The van der Waals surface area contributed by atoms with Crippen LogP contribution in [0.5, 0.6) is 0 Å². The largest absolute Gasteiger partial charge is 0.371 e. The molecular formula is C5H7Br2O. The van der Waals surface area contributed by atoms with Gasteiger partial charge in [-0.3, -0.25) is 0 Å². The zero-order valence-electron chi connectivity index (χ0n) is 4.53. The fourth-order valence-electron chi connectivity index (χ4n) is 0.194. The van der Waals surface area contributed by atoms with Crippen LogP contribution in [0.2, 0.25) is 0 Å². The third-order valence-corrected chi connectivity index (χ3v) is 2.13. The highest BCUT2D eigenvalue weighted by molar-refractivity contribution is 9.14. The molecule has 1 radical (unpaired) electrons. The van der Waals surface area contributed by atoms with E-state index in [0.29, 0.717) is 6.61 Å². The molecule has 1 nitrogen and oxygen atoms in total. The Morgan fingerprint density at radius 2 is 2.38 bits per heavy atom. The van der Waals surface area contributed by atoms with Gasteiger partial charge in [-0.1, -0.05) is 31.9 Å². The van der Waals surface area contributed by atoms with Gasteiger partial charge in [0.1, 0.15) is 0 Å². The third-order valence-electron chi connectivity index (χ3n) is 0.506. The number of hydrogen-bond acceptors (Lipinski definition) is 1. The van der Waals surface area contributed by atoms with E-state index in [1.54, 1.807) is 11.6 Å². The molecule has 0 heterocycles. The van der Waals surface area contributed by atoms with E-state index in [0.717, 1.165) is 4.48 Å². The summed E-state index contributed by atoms with van der Waals surface area (Å²) in [4.78, 5) is 1.77. The monoisotopic (exact) mass is 241 g/mol. The van der Waals surface area contributed by atoms with Crippen LogP contribution in [0.25, 0.3) is 0 Å². The van der Waals surface area contributed by atoms with E-state index in [-0.39, 0.29) is 0 Å². The van der Waals surface area contributed by atoms with Gasteiger partial charge in [0.15, 0.2) is 0 Å². The highest BCUT2D eigenvalue weighted by Gasteiger charge is 1.86. The van der Waals surface area contributed by atoms with Crippen LogP contribution < -0.4 is 0 Å². The minimum Gasteiger partial charge on any atom is -0.371 e. The van der Waals surface area contributed by atoms with Gasteiger partial charge in [0.05, 0.1) is 13.2 Å². The minimum atomic E-state index is 0.599. The summed E-state index contributed by atoms with van der Waals surface area (Å²) in [5, 5.41) is 0. The summed E-state index contributed by atoms with van der Waals surface area (Å²) >= 11 is 6.39. The van der Waals surface area contributed by atoms with Crippen molar-refractivity contribution in [3.05, 3.63) is 16.1 Å². The first-order valence-electron chi connectivity index (χ1n) is 2.15. The second-order valence-electron chi connectivity index (χ2n) is 1.10. The second-order valence-corrected chi connectivity index (χ2v) is 2.58. The van der Waals surface area contributed by atoms with Crippen molar-refractivity contribution >= 4 is 31.9 Å². The van der Waals surface area contributed by atoms with E-state index in [1.807, 2.05) is 6.92 Å². The van der Waals surface area contributed by atoms with Crippen molar-refractivity contribution in [1.29, 1.82) is 0 Å². The van der Waals surface area contributed by atoms with Crippen molar-refractivity contribution < 1.29 is 4.74 Å². The summed E-state index contributed by atoms with van der Waals surface area (Å²) in [6, 6.07) is 0. The molecule has 0 aliphatic rings. The maximum absolute atomic E-state index is 4.92. The van der Waals surface area contributed by atoms with Gasteiger partial charge in [-0.15, -0.1) is 0 Å². The van der Waals surface area contributed by atoms with E-state index in [9.17, 15) is 0 Å². The fourth-order valence-corrected chi connectivity index (χ4v) is 0.459. The Bertz CT molecular complexity index is 80.5. The lowest BCUT2D eigenvalue weighted by molar-refractivity contribution is 0.238. The maximum Gasteiger partial charge on any atom is 0.0810 e. The van der Waals surface area contributed by atoms with Gasteiger partial charge in [0.25, 0.3) is 0 Å². The molecule has 0 saturated heterocycles. The predicted octanol–water partition coefficient (Wildman–Crippen LogP) is 2.82. The van der Waals surface area contributed by atoms with Crippen LogP contribution in [-0.4, -0.2) is 6.61 Å². The van der Waals surface area contributed by atoms with Gasteiger partial charge in [0.2, 0.25) is 0 Å². The summed E-state index contributed by atoms with van der Waals surface area (Å²) in [5.74, 6) is 0. The molecule has 0 N–H and O–H groups in total. The first kappa shape index (κ1) is 8.66. The highest BCUT2D eigenvalue weighted by atomic mass is 79.9. The normalized spacial score (nSPS) is 12.1. The first-order valence-corrected chi connectivity index (χ1v) is 3.86. The molecule has 0 aromatic carbocycles. The van der Waals surface area contributed by atoms with E-state index in [4.69, 9.17) is 4.74 Å². The molecule has 0 fully saturated rings. The van der Waals surface area contributed by atoms with Gasteiger partial charge in [0, 0.05) is 4.48 Å². The van der Waals surface area contributed by atoms with Crippen molar-refractivity contribution in [3.8, 4) is 0 Å². The molecule has 0 atom stereocenters. The Labute approximate surface area is 66.4 Å². The number of ether oxygens (including phenoxy) is 1. The molecule has 0 rings (SSSR count). The summed E-state index contributed by atoms with van der Waals surface area (Å²) in [6.45, 7) is 4.09. The molecule has 0 aliphatic carbocycles. The quantitative estimate of drug-likeness (QED) is 0.740. The Morgan fingerprint density at radius 3 is 2.75 bits per heavy atom. The van der Waals surface area contributed by atoms with Crippen molar-refractivity contribution in [3.63, 3.8) is 0 Å². The molecule has 8 heavy (non-hydrogen) atoms. The molecular weight excluding hydrogens is 236 g/mol. The SMILES string of the molecule is C[CH]OCC(Br)=CBr. The lowest BCUT2D eigenvalue weighted by Gasteiger charge is -1.94. The molecule has 0 spiro atoms. The average Bonchev–Trinajstić information content (AvgIpc) is 1.83. The Morgan fingerprint density at radius 1 is 1.75 bits per heavy atom. The highest BCUT2D eigenvalue weighted by Crippen LogP contribution is 2.07. The molecule has 0 saturated carbocycles. The topological polar surface area (TPSA) is 9.23 Å². The smallest absolute Gasteiger partial charge is 0.0810 e.